The minimum absolute atomic E-state index is 0.154. The van der Waals surface area contributed by atoms with Crippen LogP contribution in [0.2, 0.25) is 0 Å². The molecule has 0 spiro atoms. The number of carbonyl (C=O) groups is 1. The predicted octanol–water partition coefficient (Wildman–Crippen LogP) is 2.28. The van der Waals surface area contributed by atoms with E-state index in [9.17, 15) is 4.79 Å². The van der Waals surface area contributed by atoms with Crippen molar-refractivity contribution >= 4 is 11.6 Å². The van der Waals surface area contributed by atoms with Crippen LogP contribution >= 0.6 is 0 Å². The zero-order valence-corrected chi connectivity index (χ0v) is 9.24. The van der Waals surface area contributed by atoms with Gasteiger partial charge in [-0.25, -0.2) is 0 Å². The van der Waals surface area contributed by atoms with Gasteiger partial charge < -0.3 is 5.32 Å². The monoisotopic (exact) mass is 215 g/mol. The summed E-state index contributed by atoms with van der Waals surface area (Å²) in [5.74, 6) is -0.154. The first-order valence-corrected chi connectivity index (χ1v) is 5.03. The van der Waals surface area contributed by atoms with Crippen molar-refractivity contribution in [3.63, 3.8) is 0 Å². The Balaban J connectivity index is 2.18. The quantitative estimate of drug-likeness (QED) is 0.807. The fourth-order valence-electron chi connectivity index (χ4n) is 1.63. The van der Waals surface area contributed by atoms with Gasteiger partial charge in [0.25, 0.3) is 5.91 Å². The second kappa shape index (κ2) is 4.18. The van der Waals surface area contributed by atoms with Gasteiger partial charge in [0.2, 0.25) is 0 Å². The maximum atomic E-state index is 11.7. The molecule has 0 saturated heterocycles. The van der Waals surface area contributed by atoms with Crippen molar-refractivity contribution < 1.29 is 4.79 Å². The summed E-state index contributed by atoms with van der Waals surface area (Å²) in [6.45, 7) is 4.00. The number of rotatable bonds is 2. The first-order chi connectivity index (χ1) is 7.65. The number of aryl methyl sites for hydroxylation is 2. The van der Waals surface area contributed by atoms with Crippen molar-refractivity contribution in [2.24, 2.45) is 0 Å². The molecule has 4 nitrogen and oxygen atoms in total. The van der Waals surface area contributed by atoms with Gasteiger partial charge in [0.15, 0.2) is 0 Å². The van der Waals surface area contributed by atoms with Crippen LogP contribution in [-0.2, 0) is 0 Å². The lowest BCUT2D eigenvalue weighted by Gasteiger charge is -2.06. The van der Waals surface area contributed by atoms with Crippen LogP contribution in [0.3, 0.4) is 0 Å². The van der Waals surface area contributed by atoms with E-state index in [1.54, 1.807) is 6.20 Å². The average molecular weight is 215 g/mol. The lowest BCUT2D eigenvalue weighted by molar-refractivity contribution is 0.102. The van der Waals surface area contributed by atoms with Gasteiger partial charge in [0, 0.05) is 11.9 Å². The first kappa shape index (κ1) is 10.4. The van der Waals surface area contributed by atoms with Crippen molar-refractivity contribution in [1.29, 1.82) is 0 Å². The Bertz CT molecular complexity index is 483. The number of nitrogens with zero attached hydrogens (tertiary/aromatic N) is 1. The first-order valence-electron chi connectivity index (χ1n) is 5.03. The molecule has 0 atom stereocenters. The number of aromatic nitrogens is 2. The number of hydrogen-bond acceptors (Lipinski definition) is 2. The van der Waals surface area contributed by atoms with E-state index in [4.69, 9.17) is 0 Å². The summed E-state index contributed by atoms with van der Waals surface area (Å²) in [7, 11) is 0. The maximum absolute atomic E-state index is 11.7. The standard InChI is InChI=1S/C12H13N3O/c1-8-3-9(2)5-11(4-8)15-12(16)10-6-13-14-7-10/h3-7H,1-2H3,(H,13,14)(H,15,16). The van der Waals surface area contributed by atoms with Crippen LogP contribution in [0.4, 0.5) is 5.69 Å². The molecular weight excluding hydrogens is 202 g/mol. The Morgan fingerprint density at radius 2 is 1.94 bits per heavy atom. The highest BCUT2D eigenvalue weighted by molar-refractivity contribution is 6.03. The minimum Gasteiger partial charge on any atom is -0.322 e. The Kier molecular flexibility index (Phi) is 2.72. The summed E-state index contributed by atoms with van der Waals surface area (Å²) in [4.78, 5) is 11.7. The molecule has 0 fully saturated rings. The molecule has 16 heavy (non-hydrogen) atoms. The third-order valence-electron chi connectivity index (χ3n) is 2.24. The third kappa shape index (κ3) is 2.28. The van der Waals surface area contributed by atoms with Crippen molar-refractivity contribution in [2.45, 2.75) is 13.8 Å². The van der Waals surface area contributed by atoms with E-state index in [1.807, 2.05) is 26.0 Å². The minimum atomic E-state index is -0.154. The molecule has 0 aliphatic heterocycles. The topological polar surface area (TPSA) is 57.8 Å². The van der Waals surface area contributed by atoms with Crippen LogP contribution < -0.4 is 5.32 Å². The lowest BCUT2D eigenvalue weighted by atomic mass is 10.1. The zero-order valence-electron chi connectivity index (χ0n) is 9.24. The fraction of sp³-hybridized carbons (Fsp3) is 0.167. The Morgan fingerprint density at radius 1 is 1.25 bits per heavy atom. The van der Waals surface area contributed by atoms with E-state index in [1.165, 1.54) is 6.20 Å². The van der Waals surface area contributed by atoms with Gasteiger partial charge in [-0.15, -0.1) is 0 Å². The number of benzene rings is 1. The van der Waals surface area contributed by atoms with E-state index in [-0.39, 0.29) is 5.91 Å². The molecule has 4 heteroatoms. The molecule has 1 aromatic carbocycles. The van der Waals surface area contributed by atoms with E-state index >= 15 is 0 Å². The fourth-order valence-corrected chi connectivity index (χ4v) is 1.63. The van der Waals surface area contributed by atoms with Crippen LogP contribution in [0.1, 0.15) is 21.5 Å². The normalized spacial score (nSPS) is 10.1. The Hall–Kier alpha value is -2.10. The van der Waals surface area contributed by atoms with E-state index < -0.39 is 0 Å². The van der Waals surface area contributed by atoms with Crippen LogP contribution in [0, 0.1) is 13.8 Å². The molecule has 1 amide bonds. The van der Waals surface area contributed by atoms with Gasteiger partial charge in [-0.1, -0.05) is 6.07 Å². The van der Waals surface area contributed by atoms with Gasteiger partial charge in [0.1, 0.15) is 0 Å². The van der Waals surface area contributed by atoms with Gasteiger partial charge in [-0.05, 0) is 37.1 Å². The molecule has 2 N–H and O–H groups in total. The molecule has 0 unspecified atom stereocenters. The highest BCUT2D eigenvalue weighted by Crippen LogP contribution is 2.14. The van der Waals surface area contributed by atoms with E-state index in [0.29, 0.717) is 5.56 Å². The average Bonchev–Trinajstić information content (AvgIpc) is 2.68. The molecule has 2 rings (SSSR count). The summed E-state index contributed by atoms with van der Waals surface area (Å²) in [6, 6.07) is 5.93. The summed E-state index contributed by atoms with van der Waals surface area (Å²) in [6.07, 6.45) is 3.07. The number of carbonyl (C=O) groups excluding carboxylic acids is 1. The van der Waals surface area contributed by atoms with Crippen LogP contribution in [0.5, 0.6) is 0 Å². The predicted molar refractivity (Wildman–Crippen MR) is 62.5 cm³/mol. The van der Waals surface area contributed by atoms with Crippen LogP contribution in [0.25, 0.3) is 0 Å². The number of nitrogens with one attached hydrogen (secondary N) is 2. The molecule has 0 bridgehead atoms. The van der Waals surface area contributed by atoms with Crippen LogP contribution in [-0.4, -0.2) is 16.1 Å². The smallest absolute Gasteiger partial charge is 0.258 e. The van der Waals surface area contributed by atoms with Crippen LogP contribution in [0.15, 0.2) is 30.6 Å². The summed E-state index contributed by atoms with van der Waals surface area (Å²) < 4.78 is 0. The molecule has 1 aromatic heterocycles. The lowest BCUT2D eigenvalue weighted by Crippen LogP contribution is -2.11. The number of H-pyrrole nitrogens is 1. The summed E-state index contributed by atoms with van der Waals surface area (Å²) in [5.41, 5.74) is 3.59. The molecule has 0 aliphatic carbocycles. The van der Waals surface area contributed by atoms with Gasteiger partial charge in [-0.2, -0.15) is 5.10 Å². The summed E-state index contributed by atoms with van der Waals surface area (Å²) in [5, 5.41) is 9.17. The molecule has 2 aromatic rings. The van der Waals surface area contributed by atoms with Gasteiger partial charge in [0.05, 0.1) is 11.8 Å². The zero-order chi connectivity index (χ0) is 11.5. The van der Waals surface area contributed by atoms with E-state index in [0.717, 1.165) is 16.8 Å². The molecule has 1 heterocycles. The number of hydrogen-bond donors (Lipinski definition) is 2. The molecular formula is C12H13N3O. The van der Waals surface area contributed by atoms with Crippen molar-refractivity contribution in [3.05, 3.63) is 47.3 Å². The van der Waals surface area contributed by atoms with E-state index in [2.05, 4.69) is 21.6 Å². The number of amides is 1. The maximum Gasteiger partial charge on any atom is 0.258 e. The second-order valence-electron chi connectivity index (χ2n) is 3.82. The van der Waals surface area contributed by atoms with Crippen molar-refractivity contribution in [3.8, 4) is 0 Å². The van der Waals surface area contributed by atoms with Crippen molar-refractivity contribution in [1.82, 2.24) is 10.2 Å². The largest absolute Gasteiger partial charge is 0.322 e. The SMILES string of the molecule is Cc1cc(C)cc(NC(=O)c2cn[nH]c2)c1. The molecule has 0 saturated carbocycles. The number of anilines is 1. The Morgan fingerprint density at radius 3 is 2.50 bits per heavy atom. The highest BCUT2D eigenvalue weighted by Gasteiger charge is 2.06. The number of aromatic amines is 1. The van der Waals surface area contributed by atoms with Gasteiger partial charge in [-0.3, -0.25) is 9.89 Å². The third-order valence-corrected chi connectivity index (χ3v) is 2.24. The molecule has 0 radical (unpaired) electrons. The van der Waals surface area contributed by atoms with Gasteiger partial charge >= 0.3 is 0 Å². The molecule has 82 valence electrons. The second-order valence-corrected chi connectivity index (χ2v) is 3.82. The highest BCUT2D eigenvalue weighted by atomic mass is 16.1. The summed E-state index contributed by atoms with van der Waals surface area (Å²) >= 11 is 0. The Labute approximate surface area is 93.7 Å². The molecule has 0 aliphatic rings. The van der Waals surface area contributed by atoms with Crippen molar-refractivity contribution in [2.75, 3.05) is 5.32 Å².